The molecule has 0 atom stereocenters. The summed E-state index contributed by atoms with van der Waals surface area (Å²) in [6, 6.07) is 10.5. The second kappa shape index (κ2) is 6.84. The summed E-state index contributed by atoms with van der Waals surface area (Å²) in [4.78, 5) is 13.5. The zero-order valence-electron chi connectivity index (χ0n) is 13.8. The third kappa shape index (κ3) is 3.99. The van der Waals surface area contributed by atoms with Crippen LogP contribution >= 0.6 is 0 Å². The van der Waals surface area contributed by atoms with E-state index in [0.29, 0.717) is 24.2 Å². The first-order valence-electron chi connectivity index (χ1n) is 8.01. The predicted molar refractivity (Wildman–Crippen MR) is 93.0 cm³/mol. The molecule has 1 aliphatic heterocycles. The number of carbonyl (C=O) groups is 1. The van der Waals surface area contributed by atoms with Crippen LogP contribution in [0.4, 0.5) is 10.1 Å². The zero-order valence-corrected chi connectivity index (χ0v) is 14.6. The molecule has 1 amide bonds. The molecule has 2 aromatic rings. The van der Waals surface area contributed by atoms with Crippen LogP contribution < -0.4 is 4.72 Å². The van der Waals surface area contributed by atoms with Crippen molar-refractivity contribution in [3.63, 3.8) is 0 Å². The lowest BCUT2D eigenvalue weighted by atomic mass is 10.2. The molecule has 5 nitrogen and oxygen atoms in total. The van der Waals surface area contributed by atoms with Gasteiger partial charge >= 0.3 is 0 Å². The van der Waals surface area contributed by atoms with Crippen molar-refractivity contribution in [2.24, 2.45) is 0 Å². The Labute approximate surface area is 146 Å². The van der Waals surface area contributed by atoms with Crippen LogP contribution in [0, 0.1) is 12.7 Å². The predicted octanol–water partition coefficient (Wildman–Crippen LogP) is 3.06. The van der Waals surface area contributed by atoms with E-state index in [1.165, 1.54) is 12.1 Å². The van der Waals surface area contributed by atoms with Crippen LogP contribution in [0.15, 0.2) is 47.4 Å². The third-order valence-electron chi connectivity index (χ3n) is 4.15. The maximum atomic E-state index is 13.2. The molecule has 1 heterocycles. The van der Waals surface area contributed by atoms with E-state index >= 15 is 0 Å². The maximum absolute atomic E-state index is 13.2. The quantitative estimate of drug-likeness (QED) is 0.889. The van der Waals surface area contributed by atoms with E-state index in [9.17, 15) is 17.6 Å². The molecular formula is C18H19FN2O3S. The van der Waals surface area contributed by atoms with Crippen LogP contribution in [0.5, 0.6) is 0 Å². The van der Waals surface area contributed by atoms with Crippen LogP contribution in [0.3, 0.4) is 0 Å². The lowest BCUT2D eigenvalue weighted by Crippen LogP contribution is -2.23. The van der Waals surface area contributed by atoms with E-state index in [1.807, 2.05) is 6.07 Å². The van der Waals surface area contributed by atoms with Crippen molar-refractivity contribution in [3.8, 4) is 0 Å². The Hall–Kier alpha value is -2.41. The van der Waals surface area contributed by atoms with E-state index in [1.54, 1.807) is 30.0 Å². The third-order valence-corrected chi connectivity index (χ3v) is 5.69. The standard InChI is InChI=1S/C18H19FN2O3S/c1-13-10-15(19)7-8-17(13)25(23,24)20-16-5-2-4-14(11-16)12-21-9-3-6-18(21)22/h2,4-5,7-8,10-11,20H,3,6,9,12H2,1H3. The molecule has 1 fully saturated rings. The van der Waals surface area contributed by atoms with E-state index in [4.69, 9.17) is 0 Å². The van der Waals surface area contributed by atoms with E-state index < -0.39 is 15.8 Å². The molecule has 0 unspecified atom stereocenters. The number of carbonyl (C=O) groups excluding carboxylic acids is 1. The molecule has 0 bridgehead atoms. The smallest absolute Gasteiger partial charge is 0.262 e. The highest BCUT2D eigenvalue weighted by atomic mass is 32.2. The fraction of sp³-hybridized carbons (Fsp3) is 0.278. The van der Waals surface area contributed by atoms with Gasteiger partial charge in [-0.2, -0.15) is 0 Å². The van der Waals surface area contributed by atoms with Crippen LogP contribution in [0.2, 0.25) is 0 Å². The molecular weight excluding hydrogens is 343 g/mol. The van der Waals surface area contributed by atoms with Gasteiger partial charge < -0.3 is 4.90 Å². The van der Waals surface area contributed by atoms with E-state index in [2.05, 4.69) is 4.72 Å². The number of nitrogens with zero attached hydrogens (tertiary/aromatic N) is 1. The Balaban J connectivity index is 1.80. The second-order valence-electron chi connectivity index (χ2n) is 6.13. The van der Waals surface area contributed by atoms with Crippen LogP contribution in [0.25, 0.3) is 0 Å². The summed E-state index contributed by atoms with van der Waals surface area (Å²) < 4.78 is 40.8. The van der Waals surface area contributed by atoms with Crippen LogP contribution in [-0.2, 0) is 21.4 Å². The molecule has 0 aromatic heterocycles. The number of aryl methyl sites for hydroxylation is 1. The van der Waals surface area contributed by atoms with Gasteiger partial charge in [0.1, 0.15) is 5.82 Å². The highest BCUT2D eigenvalue weighted by Gasteiger charge is 2.21. The SMILES string of the molecule is Cc1cc(F)ccc1S(=O)(=O)Nc1cccc(CN2CCCC2=O)c1. The number of rotatable bonds is 5. The largest absolute Gasteiger partial charge is 0.338 e. The van der Waals surface area contributed by atoms with Gasteiger partial charge in [0.2, 0.25) is 5.91 Å². The van der Waals surface area contributed by atoms with Crippen molar-refractivity contribution in [2.45, 2.75) is 31.2 Å². The first-order valence-corrected chi connectivity index (χ1v) is 9.49. The molecule has 1 N–H and O–H groups in total. The minimum atomic E-state index is -3.81. The van der Waals surface area contributed by atoms with Crippen molar-refractivity contribution in [1.82, 2.24) is 4.90 Å². The Morgan fingerprint density at radius 2 is 2.00 bits per heavy atom. The summed E-state index contributed by atoms with van der Waals surface area (Å²) >= 11 is 0. The van der Waals surface area contributed by atoms with Gasteiger partial charge in [-0.15, -0.1) is 0 Å². The molecule has 2 aromatic carbocycles. The van der Waals surface area contributed by atoms with Crippen molar-refractivity contribution in [3.05, 3.63) is 59.4 Å². The molecule has 0 spiro atoms. The summed E-state index contributed by atoms with van der Waals surface area (Å²) in [5.74, 6) is -0.360. The highest BCUT2D eigenvalue weighted by molar-refractivity contribution is 7.92. The average Bonchev–Trinajstić information content (AvgIpc) is 2.92. The topological polar surface area (TPSA) is 66.5 Å². The monoisotopic (exact) mass is 362 g/mol. The van der Waals surface area contributed by atoms with Crippen LogP contribution in [-0.4, -0.2) is 25.8 Å². The number of halogens is 1. The van der Waals surface area contributed by atoms with E-state index in [-0.39, 0.29) is 10.8 Å². The number of nitrogens with one attached hydrogen (secondary N) is 1. The minimum Gasteiger partial charge on any atom is -0.338 e. The summed E-state index contributed by atoms with van der Waals surface area (Å²) in [6.45, 7) is 2.74. The lowest BCUT2D eigenvalue weighted by Gasteiger charge is -2.16. The second-order valence-corrected chi connectivity index (χ2v) is 7.79. The minimum absolute atomic E-state index is 0.0361. The fourth-order valence-electron chi connectivity index (χ4n) is 2.95. The molecule has 1 saturated heterocycles. The van der Waals surface area contributed by atoms with Crippen LogP contribution in [0.1, 0.15) is 24.0 Å². The number of anilines is 1. The molecule has 0 saturated carbocycles. The van der Waals surface area contributed by atoms with Gasteiger partial charge in [-0.3, -0.25) is 9.52 Å². The molecule has 1 aliphatic rings. The van der Waals surface area contributed by atoms with E-state index in [0.717, 1.165) is 24.6 Å². The van der Waals surface area contributed by atoms with Gasteiger partial charge in [-0.1, -0.05) is 12.1 Å². The molecule has 25 heavy (non-hydrogen) atoms. The number of likely N-dealkylation sites (tertiary alicyclic amines) is 1. The van der Waals surface area contributed by atoms with Gasteiger partial charge in [-0.05, 0) is 54.8 Å². The average molecular weight is 362 g/mol. The summed E-state index contributed by atoms with van der Waals surface area (Å²) in [7, 11) is -3.81. The number of sulfonamides is 1. The number of hydrogen-bond acceptors (Lipinski definition) is 3. The number of amides is 1. The normalized spacial score (nSPS) is 14.8. The molecule has 132 valence electrons. The lowest BCUT2D eigenvalue weighted by molar-refractivity contribution is -0.128. The molecule has 7 heteroatoms. The van der Waals surface area contributed by atoms with Gasteiger partial charge in [0.15, 0.2) is 0 Å². The molecule has 3 rings (SSSR count). The van der Waals surface area contributed by atoms with Crippen molar-refractivity contribution in [2.75, 3.05) is 11.3 Å². The summed E-state index contributed by atoms with van der Waals surface area (Å²) in [6.07, 6.45) is 1.42. The van der Waals surface area contributed by atoms with Crippen molar-refractivity contribution >= 4 is 21.6 Å². The Bertz CT molecular complexity index is 912. The van der Waals surface area contributed by atoms with Gasteiger partial charge in [0.25, 0.3) is 10.0 Å². The highest BCUT2D eigenvalue weighted by Crippen LogP contribution is 2.22. The van der Waals surface area contributed by atoms with Crippen molar-refractivity contribution < 1.29 is 17.6 Å². The zero-order chi connectivity index (χ0) is 18.0. The number of hydrogen-bond donors (Lipinski definition) is 1. The summed E-state index contributed by atoms with van der Waals surface area (Å²) in [5.41, 5.74) is 1.60. The Kier molecular flexibility index (Phi) is 4.76. The Morgan fingerprint density at radius 1 is 1.20 bits per heavy atom. The molecule has 0 radical (unpaired) electrons. The van der Waals surface area contributed by atoms with Gasteiger partial charge in [-0.25, -0.2) is 12.8 Å². The first-order chi connectivity index (χ1) is 11.8. The molecule has 0 aliphatic carbocycles. The maximum Gasteiger partial charge on any atom is 0.262 e. The first kappa shape index (κ1) is 17.4. The fourth-order valence-corrected chi connectivity index (χ4v) is 4.23. The number of benzene rings is 2. The Morgan fingerprint density at radius 3 is 2.68 bits per heavy atom. The summed E-state index contributed by atoms with van der Waals surface area (Å²) in [5, 5.41) is 0. The van der Waals surface area contributed by atoms with Crippen molar-refractivity contribution in [1.29, 1.82) is 0 Å². The van der Waals surface area contributed by atoms with Gasteiger partial charge in [0.05, 0.1) is 4.90 Å². The van der Waals surface area contributed by atoms with Gasteiger partial charge in [0, 0.05) is 25.2 Å².